The molecular formula is C21H18ClF2NO2. The van der Waals surface area contributed by atoms with E-state index in [4.69, 9.17) is 11.6 Å². The van der Waals surface area contributed by atoms with Crippen molar-refractivity contribution in [2.24, 2.45) is 0 Å². The van der Waals surface area contributed by atoms with Crippen LogP contribution in [-0.4, -0.2) is 16.1 Å². The molecule has 0 amide bonds. The molecule has 0 spiro atoms. The molecule has 1 unspecified atom stereocenters. The molecule has 6 heteroatoms. The number of benzene rings is 2. The van der Waals surface area contributed by atoms with Gasteiger partial charge in [-0.15, -0.1) is 0 Å². The summed E-state index contributed by atoms with van der Waals surface area (Å²) in [6, 6.07) is 8.66. The van der Waals surface area contributed by atoms with Crippen molar-refractivity contribution >= 4 is 28.5 Å². The largest absolute Gasteiger partial charge is 0.481 e. The van der Waals surface area contributed by atoms with Crippen molar-refractivity contribution in [2.45, 2.75) is 32.6 Å². The first-order chi connectivity index (χ1) is 12.8. The lowest BCUT2D eigenvalue weighted by Crippen LogP contribution is -2.15. The topological polar surface area (TPSA) is 50.2 Å². The molecule has 1 aromatic heterocycles. The second kappa shape index (κ2) is 7.61. The third kappa shape index (κ3) is 3.65. The maximum Gasteiger partial charge on any atom is 0.311 e. The fourth-order valence-corrected chi connectivity index (χ4v) is 3.61. The maximum atomic E-state index is 14.0. The monoisotopic (exact) mass is 389 g/mol. The molecule has 3 rings (SSSR count). The number of hydrogen-bond acceptors (Lipinski definition) is 2. The Morgan fingerprint density at radius 3 is 2.56 bits per heavy atom. The molecule has 1 heterocycles. The number of carbonyl (C=O) groups is 1. The summed E-state index contributed by atoms with van der Waals surface area (Å²) in [5.74, 6) is -3.75. The van der Waals surface area contributed by atoms with E-state index >= 15 is 0 Å². The van der Waals surface area contributed by atoms with Crippen LogP contribution in [0.2, 0.25) is 5.02 Å². The van der Waals surface area contributed by atoms with Gasteiger partial charge in [-0.05, 0) is 60.4 Å². The normalized spacial score (nSPS) is 12.3. The molecule has 0 aliphatic carbocycles. The summed E-state index contributed by atoms with van der Waals surface area (Å²) in [7, 11) is 0. The quantitative estimate of drug-likeness (QED) is 0.572. The van der Waals surface area contributed by atoms with Gasteiger partial charge in [0.2, 0.25) is 0 Å². The summed E-state index contributed by atoms with van der Waals surface area (Å²) < 4.78 is 27.4. The fraction of sp³-hybridized carbons (Fsp3) is 0.238. The Balaban J connectivity index is 2.44. The van der Waals surface area contributed by atoms with Crippen LogP contribution in [0, 0.1) is 18.6 Å². The zero-order valence-electron chi connectivity index (χ0n) is 14.9. The maximum absolute atomic E-state index is 14.0. The van der Waals surface area contributed by atoms with Crippen molar-refractivity contribution in [3.05, 3.63) is 64.3 Å². The number of aliphatic carboxylic acids is 1. The highest BCUT2D eigenvalue weighted by molar-refractivity contribution is 6.31. The van der Waals surface area contributed by atoms with Crippen LogP contribution >= 0.6 is 11.6 Å². The van der Waals surface area contributed by atoms with Gasteiger partial charge in [0.05, 0.1) is 11.4 Å². The number of rotatable bonds is 5. The lowest BCUT2D eigenvalue weighted by molar-refractivity contribution is -0.139. The van der Waals surface area contributed by atoms with Gasteiger partial charge in [0.15, 0.2) is 11.6 Å². The smallest absolute Gasteiger partial charge is 0.311 e. The van der Waals surface area contributed by atoms with E-state index in [1.807, 2.05) is 6.92 Å². The SMILES string of the molecule is CCCC(C(=O)O)c1c(C)nc2ccc(Cl)cc2c1-c1ccc(F)c(F)c1. The molecule has 27 heavy (non-hydrogen) atoms. The molecule has 0 bridgehead atoms. The second-order valence-electron chi connectivity index (χ2n) is 6.46. The molecule has 0 aliphatic heterocycles. The van der Waals surface area contributed by atoms with Crippen LogP contribution in [0.4, 0.5) is 8.78 Å². The Morgan fingerprint density at radius 2 is 1.93 bits per heavy atom. The molecule has 3 nitrogen and oxygen atoms in total. The second-order valence-corrected chi connectivity index (χ2v) is 6.89. The van der Waals surface area contributed by atoms with E-state index in [9.17, 15) is 18.7 Å². The molecule has 3 aromatic rings. The van der Waals surface area contributed by atoms with Gasteiger partial charge in [-0.1, -0.05) is 31.0 Å². The molecule has 0 saturated carbocycles. The number of aromatic nitrogens is 1. The van der Waals surface area contributed by atoms with E-state index in [0.717, 1.165) is 12.1 Å². The number of nitrogens with zero attached hydrogens (tertiary/aromatic N) is 1. The van der Waals surface area contributed by atoms with E-state index in [1.165, 1.54) is 6.07 Å². The molecule has 1 atom stereocenters. The van der Waals surface area contributed by atoms with Crippen molar-refractivity contribution in [1.82, 2.24) is 4.98 Å². The molecule has 140 valence electrons. The highest BCUT2D eigenvalue weighted by Gasteiger charge is 2.27. The van der Waals surface area contributed by atoms with Gasteiger partial charge in [-0.3, -0.25) is 9.78 Å². The standard InChI is InChI=1S/C21H18ClF2NO2/c1-3-4-14(21(26)27)19-11(2)25-18-8-6-13(22)10-15(18)20(19)12-5-7-16(23)17(24)9-12/h5-10,14H,3-4H2,1-2H3,(H,26,27). The fourth-order valence-electron chi connectivity index (χ4n) is 3.44. The van der Waals surface area contributed by atoms with Crippen molar-refractivity contribution in [2.75, 3.05) is 0 Å². The van der Waals surface area contributed by atoms with E-state index in [2.05, 4.69) is 4.98 Å². The summed E-state index contributed by atoms with van der Waals surface area (Å²) in [5.41, 5.74) is 2.58. The Hall–Kier alpha value is -2.53. The molecule has 2 aromatic carbocycles. The summed E-state index contributed by atoms with van der Waals surface area (Å²) in [5, 5.41) is 10.8. The lowest BCUT2D eigenvalue weighted by atomic mass is 9.85. The first-order valence-corrected chi connectivity index (χ1v) is 8.99. The van der Waals surface area contributed by atoms with Crippen molar-refractivity contribution in [3.63, 3.8) is 0 Å². The Bertz CT molecular complexity index is 1040. The van der Waals surface area contributed by atoms with E-state index in [0.29, 0.717) is 51.2 Å². The highest BCUT2D eigenvalue weighted by Crippen LogP contribution is 2.40. The van der Waals surface area contributed by atoms with Crippen LogP contribution in [0.15, 0.2) is 36.4 Å². The number of carboxylic acids is 1. The number of carboxylic acid groups (broad SMARTS) is 1. The van der Waals surface area contributed by atoms with Crippen LogP contribution in [0.1, 0.15) is 36.9 Å². The third-order valence-corrected chi connectivity index (χ3v) is 4.84. The van der Waals surface area contributed by atoms with Gasteiger partial charge in [-0.25, -0.2) is 8.78 Å². The first-order valence-electron chi connectivity index (χ1n) is 8.61. The van der Waals surface area contributed by atoms with Crippen molar-refractivity contribution in [1.29, 1.82) is 0 Å². The highest BCUT2D eigenvalue weighted by atomic mass is 35.5. The Labute approximate surface area is 160 Å². The number of pyridine rings is 1. The summed E-state index contributed by atoms with van der Waals surface area (Å²) in [6.07, 6.45) is 1.06. The predicted molar refractivity (Wildman–Crippen MR) is 102 cm³/mol. The van der Waals surface area contributed by atoms with Crippen LogP contribution in [0.25, 0.3) is 22.0 Å². The Morgan fingerprint density at radius 1 is 1.19 bits per heavy atom. The van der Waals surface area contributed by atoms with E-state index in [1.54, 1.807) is 25.1 Å². The minimum absolute atomic E-state index is 0.393. The van der Waals surface area contributed by atoms with Gasteiger partial charge in [0.25, 0.3) is 0 Å². The average molecular weight is 390 g/mol. The zero-order chi connectivity index (χ0) is 19.7. The van der Waals surface area contributed by atoms with Gasteiger partial charge in [0.1, 0.15) is 0 Å². The third-order valence-electron chi connectivity index (χ3n) is 4.61. The van der Waals surface area contributed by atoms with E-state index < -0.39 is 23.5 Å². The average Bonchev–Trinajstić information content (AvgIpc) is 2.61. The lowest BCUT2D eigenvalue weighted by Gasteiger charge is -2.21. The van der Waals surface area contributed by atoms with Gasteiger partial charge in [-0.2, -0.15) is 0 Å². The van der Waals surface area contributed by atoms with Crippen LogP contribution in [0.5, 0.6) is 0 Å². The van der Waals surface area contributed by atoms with Gasteiger partial charge in [0, 0.05) is 16.1 Å². The van der Waals surface area contributed by atoms with E-state index in [-0.39, 0.29) is 0 Å². The van der Waals surface area contributed by atoms with Crippen LogP contribution < -0.4 is 0 Å². The van der Waals surface area contributed by atoms with Crippen molar-refractivity contribution in [3.8, 4) is 11.1 Å². The zero-order valence-corrected chi connectivity index (χ0v) is 15.6. The predicted octanol–water partition coefficient (Wildman–Crippen LogP) is 6.11. The molecule has 1 N–H and O–H groups in total. The van der Waals surface area contributed by atoms with Gasteiger partial charge >= 0.3 is 5.97 Å². The molecular weight excluding hydrogens is 372 g/mol. The number of halogens is 3. The Kier molecular flexibility index (Phi) is 5.42. The minimum atomic E-state index is -0.995. The summed E-state index contributed by atoms with van der Waals surface area (Å²) >= 11 is 6.15. The first kappa shape index (κ1) is 19.2. The van der Waals surface area contributed by atoms with Crippen LogP contribution in [0.3, 0.4) is 0 Å². The van der Waals surface area contributed by atoms with Crippen LogP contribution in [-0.2, 0) is 4.79 Å². The molecule has 0 aliphatic rings. The summed E-state index contributed by atoms with van der Waals surface area (Å²) in [4.78, 5) is 16.5. The molecule has 0 saturated heterocycles. The molecule has 0 fully saturated rings. The van der Waals surface area contributed by atoms with Crippen molar-refractivity contribution < 1.29 is 18.7 Å². The molecule has 0 radical (unpaired) electrons. The minimum Gasteiger partial charge on any atom is -0.481 e. The van der Waals surface area contributed by atoms with Gasteiger partial charge < -0.3 is 5.11 Å². The number of aryl methyl sites for hydroxylation is 1. The number of hydrogen-bond donors (Lipinski definition) is 1. The summed E-state index contributed by atoms with van der Waals surface area (Å²) in [6.45, 7) is 3.63. The number of fused-ring (bicyclic) bond motifs is 1.